The predicted octanol–water partition coefficient (Wildman–Crippen LogP) is 2.77. The number of ether oxygens (including phenoxy) is 1. The standard InChI is InChI=1S/C14H16O5/c1-3-9(4-2)18-13-12(16)10-6-5-8(15)7-11(10)19-14(13)17/h5-7,9,15-16H,3-4H2,1-2H3. The quantitative estimate of drug-likeness (QED) is 0.830. The van der Waals surface area contributed by atoms with Gasteiger partial charge in [0.1, 0.15) is 11.3 Å². The molecule has 0 saturated carbocycles. The minimum atomic E-state index is -0.748. The molecule has 0 aliphatic carbocycles. The highest BCUT2D eigenvalue weighted by molar-refractivity contribution is 5.86. The molecule has 0 fully saturated rings. The van der Waals surface area contributed by atoms with Gasteiger partial charge in [-0.25, -0.2) is 4.79 Å². The molecular formula is C14H16O5. The Balaban J connectivity index is 2.56. The molecule has 5 heteroatoms. The van der Waals surface area contributed by atoms with Gasteiger partial charge in [0.25, 0.3) is 0 Å². The van der Waals surface area contributed by atoms with Gasteiger partial charge in [0.15, 0.2) is 5.75 Å². The molecule has 0 aliphatic heterocycles. The summed E-state index contributed by atoms with van der Waals surface area (Å²) in [6.45, 7) is 3.87. The number of rotatable bonds is 4. The van der Waals surface area contributed by atoms with Gasteiger partial charge in [-0.1, -0.05) is 13.8 Å². The molecule has 2 N–H and O–H groups in total. The number of hydrogen-bond acceptors (Lipinski definition) is 5. The zero-order valence-electron chi connectivity index (χ0n) is 10.8. The van der Waals surface area contributed by atoms with Crippen LogP contribution in [0.2, 0.25) is 0 Å². The molecular weight excluding hydrogens is 248 g/mol. The highest BCUT2D eigenvalue weighted by Crippen LogP contribution is 2.33. The number of fused-ring (bicyclic) bond motifs is 1. The third-order valence-corrected chi connectivity index (χ3v) is 3.02. The molecule has 0 amide bonds. The second-order valence-electron chi connectivity index (χ2n) is 4.30. The lowest BCUT2D eigenvalue weighted by Gasteiger charge is -2.15. The molecule has 19 heavy (non-hydrogen) atoms. The summed E-state index contributed by atoms with van der Waals surface area (Å²) in [6.07, 6.45) is 1.30. The van der Waals surface area contributed by atoms with E-state index in [1.54, 1.807) is 0 Å². The zero-order valence-corrected chi connectivity index (χ0v) is 10.8. The van der Waals surface area contributed by atoms with Crippen molar-refractivity contribution in [1.29, 1.82) is 0 Å². The minimum absolute atomic E-state index is 0.0382. The smallest absolute Gasteiger partial charge is 0.383 e. The summed E-state index contributed by atoms with van der Waals surface area (Å²) in [5, 5.41) is 19.8. The van der Waals surface area contributed by atoms with E-state index in [-0.39, 0.29) is 28.9 Å². The van der Waals surface area contributed by atoms with Crippen LogP contribution in [-0.2, 0) is 0 Å². The highest BCUT2D eigenvalue weighted by atomic mass is 16.5. The maximum absolute atomic E-state index is 11.8. The van der Waals surface area contributed by atoms with E-state index in [0.29, 0.717) is 5.39 Å². The average Bonchev–Trinajstić information content (AvgIpc) is 2.38. The molecule has 2 aromatic rings. The van der Waals surface area contributed by atoms with Crippen LogP contribution in [-0.4, -0.2) is 16.3 Å². The second kappa shape index (κ2) is 5.22. The summed E-state index contributed by atoms with van der Waals surface area (Å²) in [5.41, 5.74) is -0.623. The highest BCUT2D eigenvalue weighted by Gasteiger charge is 2.18. The van der Waals surface area contributed by atoms with E-state index in [0.717, 1.165) is 12.8 Å². The first kappa shape index (κ1) is 13.3. The Labute approximate surface area is 110 Å². The van der Waals surface area contributed by atoms with Crippen molar-refractivity contribution in [2.45, 2.75) is 32.8 Å². The van der Waals surface area contributed by atoms with E-state index in [1.165, 1.54) is 18.2 Å². The second-order valence-corrected chi connectivity index (χ2v) is 4.30. The third kappa shape index (κ3) is 2.50. The van der Waals surface area contributed by atoms with Crippen LogP contribution in [0.3, 0.4) is 0 Å². The van der Waals surface area contributed by atoms with Gasteiger partial charge in [0.05, 0.1) is 11.5 Å². The molecule has 1 aromatic carbocycles. The van der Waals surface area contributed by atoms with Gasteiger partial charge < -0.3 is 19.4 Å². The van der Waals surface area contributed by atoms with E-state index in [4.69, 9.17) is 9.15 Å². The van der Waals surface area contributed by atoms with E-state index >= 15 is 0 Å². The molecule has 0 atom stereocenters. The summed E-state index contributed by atoms with van der Waals surface area (Å²) in [7, 11) is 0. The van der Waals surface area contributed by atoms with Crippen molar-refractivity contribution >= 4 is 11.0 Å². The van der Waals surface area contributed by atoms with Crippen LogP contribution in [0.4, 0.5) is 0 Å². The monoisotopic (exact) mass is 264 g/mol. The Morgan fingerprint density at radius 2 is 1.95 bits per heavy atom. The van der Waals surface area contributed by atoms with Gasteiger partial charge >= 0.3 is 5.63 Å². The zero-order chi connectivity index (χ0) is 14.0. The van der Waals surface area contributed by atoms with Crippen LogP contribution < -0.4 is 10.4 Å². The molecule has 0 spiro atoms. The number of aromatic hydroxyl groups is 2. The van der Waals surface area contributed by atoms with Crippen molar-refractivity contribution in [2.75, 3.05) is 0 Å². The van der Waals surface area contributed by atoms with Crippen LogP contribution in [0, 0.1) is 0 Å². The Hall–Kier alpha value is -2.17. The first-order valence-electron chi connectivity index (χ1n) is 6.22. The largest absolute Gasteiger partial charge is 0.508 e. The molecule has 1 heterocycles. The van der Waals surface area contributed by atoms with E-state index in [2.05, 4.69) is 0 Å². The first-order chi connectivity index (χ1) is 9.06. The van der Waals surface area contributed by atoms with Gasteiger partial charge in [-0.2, -0.15) is 0 Å². The first-order valence-corrected chi connectivity index (χ1v) is 6.22. The van der Waals surface area contributed by atoms with Crippen LogP contribution in [0.5, 0.6) is 17.2 Å². The van der Waals surface area contributed by atoms with Crippen molar-refractivity contribution in [3.8, 4) is 17.2 Å². The van der Waals surface area contributed by atoms with Gasteiger partial charge in [-0.05, 0) is 25.0 Å². The topological polar surface area (TPSA) is 79.9 Å². The van der Waals surface area contributed by atoms with Gasteiger partial charge in [-0.15, -0.1) is 0 Å². The number of benzene rings is 1. The Kier molecular flexibility index (Phi) is 3.64. The van der Waals surface area contributed by atoms with Crippen molar-refractivity contribution in [2.24, 2.45) is 0 Å². The minimum Gasteiger partial charge on any atom is -0.508 e. The third-order valence-electron chi connectivity index (χ3n) is 3.02. The summed E-state index contributed by atoms with van der Waals surface area (Å²) in [6, 6.07) is 4.16. The maximum Gasteiger partial charge on any atom is 0.383 e. The lowest BCUT2D eigenvalue weighted by molar-refractivity contribution is 0.178. The SMILES string of the molecule is CCC(CC)Oc1c(O)c2ccc(O)cc2oc1=O. The fraction of sp³-hybridized carbons (Fsp3) is 0.357. The Morgan fingerprint density at radius 3 is 2.58 bits per heavy atom. The number of hydrogen-bond donors (Lipinski definition) is 2. The van der Waals surface area contributed by atoms with E-state index < -0.39 is 5.63 Å². The fourth-order valence-electron chi connectivity index (χ4n) is 1.88. The Bertz CT molecular complexity index is 640. The molecule has 0 radical (unpaired) electrons. The molecule has 0 saturated heterocycles. The van der Waals surface area contributed by atoms with Crippen molar-refractivity contribution < 1.29 is 19.4 Å². The fourth-order valence-corrected chi connectivity index (χ4v) is 1.88. The molecule has 102 valence electrons. The molecule has 0 bridgehead atoms. The van der Waals surface area contributed by atoms with Crippen LogP contribution in [0.25, 0.3) is 11.0 Å². The van der Waals surface area contributed by atoms with Gasteiger partial charge in [0.2, 0.25) is 5.75 Å². The van der Waals surface area contributed by atoms with Crippen molar-refractivity contribution in [3.05, 3.63) is 28.6 Å². The lowest BCUT2D eigenvalue weighted by atomic mass is 10.2. The van der Waals surface area contributed by atoms with Gasteiger partial charge in [-0.3, -0.25) is 0 Å². The number of phenolic OH excluding ortho intramolecular Hbond substituents is 1. The lowest BCUT2D eigenvalue weighted by Crippen LogP contribution is -2.18. The normalized spacial score (nSPS) is 11.1. The summed E-state index contributed by atoms with van der Waals surface area (Å²) >= 11 is 0. The summed E-state index contributed by atoms with van der Waals surface area (Å²) < 4.78 is 10.5. The van der Waals surface area contributed by atoms with Crippen LogP contribution in [0.15, 0.2) is 27.4 Å². The summed E-state index contributed by atoms with van der Waals surface area (Å²) in [4.78, 5) is 11.8. The molecule has 0 unspecified atom stereocenters. The number of phenols is 1. The molecule has 5 nitrogen and oxygen atoms in total. The van der Waals surface area contributed by atoms with E-state index in [1.807, 2.05) is 13.8 Å². The molecule has 0 aliphatic rings. The average molecular weight is 264 g/mol. The van der Waals surface area contributed by atoms with Crippen molar-refractivity contribution in [1.82, 2.24) is 0 Å². The predicted molar refractivity (Wildman–Crippen MR) is 70.8 cm³/mol. The maximum atomic E-state index is 11.8. The van der Waals surface area contributed by atoms with Gasteiger partial charge in [0, 0.05) is 6.07 Å². The summed E-state index contributed by atoms with van der Waals surface area (Å²) in [5.74, 6) is -0.464. The Morgan fingerprint density at radius 1 is 1.26 bits per heavy atom. The van der Waals surface area contributed by atoms with Crippen molar-refractivity contribution in [3.63, 3.8) is 0 Å². The molecule has 1 aromatic heterocycles. The van der Waals surface area contributed by atoms with Crippen LogP contribution >= 0.6 is 0 Å². The van der Waals surface area contributed by atoms with Crippen LogP contribution in [0.1, 0.15) is 26.7 Å². The van der Waals surface area contributed by atoms with E-state index in [9.17, 15) is 15.0 Å². The molecule has 2 rings (SSSR count).